The van der Waals surface area contributed by atoms with Crippen LogP contribution in [0.2, 0.25) is 5.02 Å². The van der Waals surface area contributed by atoms with Gasteiger partial charge in [-0.3, -0.25) is 19.0 Å². The molecule has 0 saturated carbocycles. The number of carbonyl (C=O) groups is 2. The Balaban J connectivity index is 1.43. The van der Waals surface area contributed by atoms with Crippen molar-refractivity contribution in [3.05, 3.63) is 57.7 Å². The molecule has 150 valence electrons. The molecule has 3 aromatic rings. The maximum Gasteiger partial charge on any atom is 0.264 e. The molecule has 1 fully saturated rings. The van der Waals surface area contributed by atoms with Crippen LogP contribution in [0.1, 0.15) is 18.4 Å². The van der Waals surface area contributed by atoms with Crippen LogP contribution in [0.4, 0.5) is 0 Å². The van der Waals surface area contributed by atoms with Crippen molar-refractivity contribution in [3.63, 3.8) is 0 Å². The molecule has 10 heteroatoms. The molecular weight excluding hydrogens is 396 g/mol. The van der Waals surface area contributed by atoms with Crippen LogP contribution in [0.15, 0.2) is 41.6 Å². The van der Waals surface area contributed by atoms with Gasteiger partial charge >= 0.3 is 0 Å². The van der Waals surface area contributed by atoms with Gasteiger partial charge in [-0.2, -0.15) is 5.10 Å². The van der Waals surface area contributed by atoms with Crippen molar-refractivity contribution < 1.29 is 9.59 Å². The number of nitrogens with zero attached hydrogens (tertiary/aromatic N) is 4. The molecule has 1 aromatic carbocycles. The third kappa shape index (κ3) is 4.14. The Morgan fingerprint density at radius 2 is 2.07 bits per heavy atom. The van der Waals surface area contributed by atoms with E-state index < -0.39 is 6.04 Å². The SMILES string of the molecule is O=C1CCC(C(=O)NCCn2ncc3c(=O)n(Cc4ccc(Cl)cc4)cnc32)N1. The highest BCUT2D eigenvalue weighted by molar-refractivity contribution is 6.30. The normalized spacial score (nSPS) is 16.2. The fraction of sp³-hybridized carbons (Fsp3) is 0.316. The van der Waals surface area contributed by atoms with Crippen LogP contribution >= 0.6 is 11.6 Å². The minimum Gasteiger partial charge on any atom is -0.352 e. The number of amides is 2. The van der Waals surface area contributed by atoms with Gasteiger partial charge in [0, 0.05) is 18.0 Å². The predicted molar refractivity (Wildman–Crippen MR) is 107 cm³/mol. The average Bonchev–Trinajstić information content (AvgIpc) is 3.32. The highest BCUT2D eigenvalue weighted by atomic mass is 35.5. The lowest BCUT2D eigenvalue weighted by atomic mass is 10.2. The first-order chi connectivity index (χ1) is 14.0. The number of nitrogens with one attached hydrogen (secondary N) is 2. The Kier molecular flexibility index (Phi) is 5.30. The van der Waals surface area contributed by atoms with Gasteiger partial charge in [-0.25, -0.2) is 9.67 Å². The Morgan fingerprint density at radius 1 is 1.28 bits per heavy atom. The quantitative estimate of drug-likeness (QED) is 0.616. The maximum absolute atomic E-state index is 12.7. The van der Waals surface area contributed by atoms with Crippen LogP contribution < -0.4 is 16.2 Å². The van der Waals surface area contributed by atoms with Crippen molar-refractivity contribution in [2.75, 3.05) is 6.54 Å². The Hall–Kier alpha value is -3.20. The second-order valence-electron chi connectivity index (χ2n) is 6.86. The molecular formula is C19H19ClN6O3. The second-order valence-corrected chi connectivity index (χ2v) is 7.30. The molecule has 3 heterocycles. The lowest BCUT2D eigenvalue weighted by Gasteiger charge is -2.11. The number of benzene rings is 1. The molecule has 0 spiro atoms. The van der Waals surface area contributed by atoms with E-state index in [1.54, 1.807) is 16.8 Å². The molecule has 2 aromatic heterocycles. The summed E-state index contributed by atoms with van der Waals surface area (Å²) in [5.41, 5.74) is 1.21. The summed E-state index contributed by atoms with van der Waals surface area (Å²) in [6, 6.07) is 6.79. The topological polar surface area (TPSA) is 111 Å². The first-order valence-electron chi connectivity index (χ1n) is 9.24. The highest BCUT2D eigenvalue weighted by Crippen LogP contribution is 2.11. The van der Waals surface area contributed by atoms with Crippen LogP contribution in [-0.2, 0) is 22.7 Å². The number of halogens is 1. The molecule has 29 heavy (non-hydrogen) atoms. The zero-order chi connectivity index (χ0) is 20.4. The van der Waals surface area contributed by atoms with E-state index in [2.05, 4.69) is 20.7 Å². The smallest absolute Gasteiger partial charge is 0.264 e. The summed E-state index contributed by atoms with van der Waals surface area (Å²) in [5, 5.41) is 10.7. The van der Waals surface area contributed by atoms with Crippen molar-refractivity contribution in [1.29, 1.82) is 0 Å². The maximum atomic E-state index is 12.7. The highest BCUT2D eigenvalue weighted by Gasteiger charge is 2.26. The molecule has 0 radical (unpaired) electrons. The van der Waals surface area contributed by atoms with Crippen molar-refractivity contribution >= 4 is 34.4 Å². The molecule has 1 atom stereocenters. The van der Waals surface area contributed by atoms with Crippen molar-refractivity contribution in [1.82, 2.24) is 30.0 Å². The minimum absolute atomic E-state index is 0.109. The van der Waals surface area contributed by atoms with Gasteiger partial charge in [0.2, 0.25) is 11.8 Å². The van der Waals surface area contributed by atoms with E-state index in [4.69, 9.17) is 11.6 Å². The number of fused-ring (bicyclic) bond motifs is 1. The zero-order valence-electron chi connectivity index (χ0n) is 15.5. The first kappa shape index (κ1) is 19.1. The van der Waals surface area contributed by atoms with Crippen LogP contribution in [0.5, 0.6) is 0 Å². The van der Waals surface area contributed by atoms with Gasteiger partial charge in [-0.1, -0.05) is 23.7 Å². The van der Waals surface area contributed by atoms with E-state index in [0.717, 1.165) is 5.56 Å². The molecule has 0 aliphatic carbocycles. The van der Waals surface area contributed by atoms with E-state index in [0.29, 0.717) is 48.5 Å². The molecule has 4 rings (SSSR count). The molecule has 1 saturated heterocycles. The predicted octanol–water partition coefficient (Wildman–Crippen LogP) is 0.690. The lowest BCUT2D eigenvalue weighted by molar-refractivity contribution is -0.125. The van der Waals surface area contributed by atoms with E-state index in [1.807, 2.05) is 12.1 Å². The third-order valence-corrected chi connectivity index (χ3v) is 5.08. The third-order valence-electron chi connectivity index (χ3n) is 4.82. The summed E-state index contributed by atoms with van der Waals surface area (Å²) < 4.78 is 3.10. The average molecular weight is 415 g/mol. The second kappa shape index (κ2) is 8.04. The fourth-order valence-corrected chi connectivity index (χ4v) is 3.41. The summed E-state index contributed by atoms with van der Waals surface area (Å²) in [7, 11) is 0. The molecule has 2 N–H and O–H groups in total. The number of hydrogen-bond acceptors (Lipinski definition) is 5. The molecule has 1 aliphatic rings. The van der Waals surface area contributed by atoms with Gasteiger partial charge < -0.3 is 10.6 Å². The minimum atomic E-state index is -0.477. The summed E-state index contributed by atoms with van der Waals surface area (Å²) in [6.45, 7) is 1.06. The fourth-order valence-electron chi connectivity index (χ4n) is 3.28. The summed E-state index contributed by atoms with van der Waals surface area (Å²) in [4.78, 5) is 40.3. The van der Waals surface area contributed by atoms with E-state index in [1.165, 1.54) is 17.1 Å². The van der Waals surface area contributed by atoms with Crippen LogP contribution in [0, 0.1) is 0 Å². The van der Waals surface area contributed by atoms with Crippen molar-refractivity contribution in [2.24, 2.45) is 0 Å². The summed E-state index contributed by atoms with van der Waals surface area (Å²) in [6.07, 6.45) is 3.85. The molecule has 2 amide bonds. The molecule has 0 bridgehead atoms. The lowest BCUT2D eigenvalue weighted by Crippen LogP contribution is -2.42. The number of rotatable bonds is 6. The largest absolute Gasteiger partial charge is 0.352 e. The standard InChI is InChI=1S/C19H19ClN6O3/c20-13-3-1-12(2-4-13)10-25-11-22-17-14(19(25)29)9-23-26(17)8-7-21-18(28)15-5-6-16(27)24-15/h1-4,9,11,15H,5-8,10H2,(H,21,28)(H,24,27). The van der Waals surface area contributed by atoms with Gasteiger partial charge in [-0.05, 0) is 24.1 Å². The Bertz CT molecular complexity index is 1120. The van der Waals surface area contributed by atoms with Gasteiger partial charge in [0.05, 0.1) is 19.3 Å². The summed E-state index contributed by atoms with van der Waals surface area (Å²) in [5.74, 6) is -0.326. The van der Waals surface area contributed by atoms with E-state index >= 15 is 0 Å². The van der Waals surface area contributed by atoms with Gasteiger partial charge in [0.25, 0.3) is 5.56 Å². The van der Waals surface area contributed by atoms with E-state index in [9.17, 15) is 14.4 Å². The van der Waals surface area contributed by atoms with Crippen molar-refractivity contribution in [2.45, 2.75) is 32.0 Å². The van der Waals surface area contributed by atoms with Crippen LogP contribution in [0.25, 0.3) is 11.0 Å². The molecule has 9 nitrogen and oxygen atoms in total. The van der Waals surface area contributed by atoms with Gasteiger partial charge in [0.1, 0.15) is 17.8 Å². The molecule has 1 aliphatic heterocycles. The summed E-state index contributed by atoms with van der Waals surface area (Å²) >= 11 is 5.89. The first-order valence-corrected chi connectivity index (χ1v) is 9.61. The Morgan fingerprint density at radius 3 is 2.79 bits per heavy atom. The van der Waals surface area contributed by atoms with Gasteiger partial charge in [0.15, 0.2) is 5.65 Å². The number of carbonyl (C=O) groups excluding carboxylic acids is 2. The number of hydrogen-bond donors (Lipinski definition) is 2. The van der Waals surface area contributed by atoms with Crippen molar-refractivity contribution in [3.8, 4) is 0 Å². The van der Waals surface area contributed by atoms with E-state index in [-0.39, 0.29) is 17.4 Å². The monoisotopic (exact) mass is 414 g/mol. The Labute approximate surface area is 170 Å². The van der Waals surface area contributed by atoms with Crippen LogP contribution in [-0.4, -0.2) is 43.7 Å². The van der Waals surface area contributed by atoms with Crippen LogP contribution in [0.3, 0.4) is 0 Å². The number of aromatic nitrogens is 4. The van der Waals surface area contributed by atoms with Gasteiger partial charge in [-0.15, -0.1) is 0 Å². The molecule has 1 unspecified atom stereocenters. The zero-order valence-corrected chi connectivity index (χ0v) is 16.2.